The predicted octanol–water partition coefficient (Wildman–Crippen LogP) is 2.19. The Bertz CT molecular complexity index is 492. The van der Waals surface area contributed by atoms with Gasteiger partial charge in [-0.15, -0.1) is 0 Å². The van der Waals surface area contributed by atoms with E-state index >= 15 is 0 Å². The van der Waals surface area contributed by atoms with Crippen LogP contribution in [0.1, 0.15) is 55.1 Å². The molecule has 0 saturated heterocycles. The molecule has 0 unspecified atom stereocenters. The molecular weight excluding hydrogens is 256 g/mol. The minimum absolute atomic E-state index is 0.196. The Labute approximate surface area is 118 Å². The van der Waals surface area contributed by atoms with E-state index in [4.69, 9.17) is 5.11 Å². The van der Waals surface area contributed by atoms with E-state index in [0.717, 1.165) is 5.56 Å². The predicted molar refractivity (Wildman–Crippen MR) is 74.6 cm³/mol. The maximum Gasteiger partial charge on any atom is 0.326 e. The van der Waals surface area contributed by atoms with Gasteiger partial charge in [-0.2, -0.15) is 0 Å². The molecular formula is C15H20N2O3. The molecule has 0 aliphatic heterocycles. The molecule has 2 rings (SSSR count). The number of hydrogen-bond acceptors (Lipinski definition) is 3. The van der Waals surface area contributed by atoms with Crippen LogP contribution in [0.4, 0.5) is 0 Å². The average Bonchev–Trinajstić information content (AvgIpc) is 3.21. The second kappa shape index (κ2) is 6.03. The average molecular weight is 276 g/mol. The normalized spacial score (nSPS) is 15.9. The standard InChI is InChI=1S/C15H20N2O3/c1-9(2)7-13(15(19)20)17-14(18)12-6-5-11(8-16-12)10-3-4-10/h5-6,8-10,13H,3-4,7H2,1-2H3,(H,17,18)(H,19,20)/t13-/m1/s1. The van der Waals surface area contributed by atoms with E-state index in [1.54, 1.807) is 12.3 Å². The third-order valence-electron chi connectivity index (χ3n) is 3.38. The molecule has 1 aliphatic carbocycles. The number of carboxylic acid groups (broad SMARTS) is 1. The fraction of sp³-hybridized carbons (Fsp3) is 0.533. The summed E-state index contributed by atoms with van der Waals surface area (Å²) in [7, 11) is 0. The van der Waals surface area contributed by atoms with Crippen LogP contribution in [0.15, 0.2) is 18.3 Å². The smallest absolute Gasteiger partial charge is 0.326 e. The van der Waals surface area contributed by atoms with Crippen molar-refractivity contribution in [2.75, 3.05) is 0 Å². The summed E-state index contributed by atoms with van der Waals surface area (Å²) >= 11 is 0. The number of nitrogens with one attached hydrogen (secondary N) is 1. The van der Waals surface area contributed by atoms with E-state index in [2.05, 4.69) is 10.3 Å². The number of hydrogen-bond donors (Lipinski definition) is 2. The first-order valence-corrected chi connectivity index (χ1v) is 6.97. The van der Waals surface area contributed by atoms with Crippen LogP contribution in [0, 0.1) is 5.92 Å². The fourth-order valence-corrected chi connectivity index (χ4v) is 2.12. The monoisotopic (exact) mass is 276 g/mol. The van der Waals surface area contributed by atoms with Crippen molar-refractivity contribution in [3.05, 3.63) is 29.6 Å². The van der Waals surface area contributed by atoms with Crippen LogP contribution in [0.3, 0.4) is 0 Å². The Hall–Kier alpha value is -1.91. The largest absolute Gasteiger partial charge is 0.480 e. The second-order valence-corrected chi connectivity index (χ2v) is 5.74. The molecule has 0 aromatic carbocycles. The Morgan fingerprint density at radius 1 is 1.40 bits per heavy atom. The highest BCUT2D eigenvalue weighted by Crippen LogP contribution is 2.39. The van der Waals surface area contributed by atoms with Gasteiger partial charge < -0.3 is 10.4 Å². The van der Waals surface area contributed by atoms with E-state index in [1.165, 1.54) is 12.8 Å². The Morgan fingerprint density at radius 3 is 2.55 bits per heavy atom. The van der Waals surface area contributed by atoms with Crippen LogP contribution in [0.5, 0.6) is 0 Å². The summed E-state index contributed by atoms with van der Waals surface area (Å²) < 4.78 is 0. The van der Waals surface area contributed by atoms with Gasteiger partial charge in [0.05, 0.1) is 0 Å². The molecule has 5 heteroatoms. The van der Waals surface area contributed by atoms with Crippen LogP contribution in [0.2, 0.25) is 0 Å². The van der Waals surface area contributed by atoms with Gasteiger partial charge in [0.15, 0.2) is 0 Å². The Morgan fingerprint density at radius 2 is 2.10 bits per heavy atom. The zero-order chi connectivity index (χ0) is 14.7. The highest BCUT2D eigenvalue weighted by Gasteiger charge is 2.25. The van der Waals surface area contributed by atoms with Crippen molar-refractivity contribution in [3.8, 4) is 0 Å². The van der Waals surface area contributed by atoms with Gasteiger partial charge in [-0.1, -0.05) is 19.9 Å². The van der Waals surface area contributed by atoms with E-state index in [-0.39, 0.29) is 11.6 Å². The van der Waals surface area contributed by atoms with Crippen LogP contribution in [-0.2, 0) is 4.79 Å². The van der Waals surface area contributed by atoms with E-state index < -0.39 is 17.9 Å². The van der Waals surface area contributed by atoms with Gasteiger partial charge >= 0.3 is 5.97 Å². The quantitative estimate of drug-likeness (QED) is 0.834. The molecule has 1 saturated carbocycles. The first kappa shape index (κ1) is 14.5. The molecule has 20 heavy (non-hydrogen) atoms. The molecule has 1 aliphatic rings. The first-order chi connectivity index (χ1) is 9.47. The van der Waals surface area contributed by atoms with Gasteiger partial charge in [0.25, 0.3) is 5.91 Å². The second-order valence-electron chi connectivity index (χ2n) is 5.74. The molecule has 0 spiro atoms. The lowest BCUT2D eigenvalue weighted by Gasteiger charge is -2.16. The Kier molecular flexibility index (Phi) is 4.37. The van der Waals surface area contributed by atoms with Crippen molar-refractivity contribution in [3.63, 3.8) is 0 Å². The minimum atomic E-state index is -1.01. The number of amides is 1. The summed E-state index contributed by atoms with van der Waals surface area (Å²) in [6, 6.07) is 2.70. The zero-order valence-electron chi connectivity index (χ0n) is 11.8. The van der Waals surface area contributed by atoms with Crippen molar-refractivity contribution in [2.24, 2.45) is 5.92 Å². The van der Waals surface area contributed by atoms with Gasteiger partial charge in [-0.25, -0.2) is 4.79 Å². The highest BCUT2D eigenvalue weighted by atomic mass is 16.4. The molecule has 0 bridgehead atoms. The number of aromatic nitrogens is 1. The molecule has 1 aromatic heterocycles. The van der Waals surface area contributed by atoms with Gasteiger partial charge in [0, 0.05) is 6.20 Å². The third-order valence-corrected chi connectivity index (χ3v) is 3.38. The maximum atomic E-state index is 12.0. The number of carbonyl (C=O) groups excluding carboxylic acids is 1. The lowest BCUT2D eigenvalue weighted by atomic mass is 10.0. The van der Waals surface area contributed by atoms with E-state index in [9.17, 15) is 9.59 Å². The molecule has 0 radical (unpaired) electrons. The summed E-state index contributed by atoms with van der Waals surface area (Å²) in [6.45, 7) is 3.84. The van der Waals surface area contributed by atoms with Crippen molar-refractivity contribution < 1.29 is 14.7 Å². The molecule has 1 heterocycles. The number of aliphatic carboxylic acids is 1. The summed E-state index contributed by atoms with van der Waals surface area (Å²) in [5, 5.41) is 11.6. The molecule has 5 nitrogen and oxygen atoms in total. The number of nitrogens with zero attached hydrogens (tertiary/aromatic N) is 1. The molecule has 1 atom stereocenters. The number of pyridine rings is 1. The van der Waals surface area contributed by atoms with Crippen molar-refractivity contribution in [2.45, 2.75) is 45.1 Å². The third kappa shape index (κ3) is 3.79. The van der Waals surface area contributed by atoms with Crippen LogP contribution in [0.25, 0.3) is 0 Å². The highest BCUT2D eigenvalue weighted by molar-refractivity contribution is 5.94. The van der Waals surface area contributed by atoms with Crippen LogP contribution < -0.4 is 5.32 Å². The zero-order valence-corrected chi connectivity index (χ0v) is 11.8. The summed E-state index contributed by atoms with van der Waals surface area (Å²) in [4.78, 5) is 27.2. The fourth-order valence-electron chi connectivity index (χ4n) is 2.12. The van der Waals surface area contributed by atoms with Crippen molar-refractivity contribution in [1.82, 2.24) is 10.3 Å². The van der Waals surface area contributed by atoms with Crippen molar-refractivity contribution in [1.29, 1.82) is 0 Å². The SMILES string of the molecule is CC(C)C[C@@H](NC(=O)c1ccc(C2CC2)cn1)C(=O)O. The lowest BCUT2D eigenvalue weighted by molar-refractivity contribution is -0.139. The van der Waals surface area contributed by atoms with Crippen molar-refractivity contribution >= 4 is 11.9 Å². The van der Waals surface area contributed by atoms with Gasteiger partial charge in [0.1, 0.15) is 11.7 Å². The number of rotatable bonds is 6. The van der Waals surface area contributed by atoms with E-state index in [0.29, 0.717) is 12.3 Å². The molecule has 2 N–H and O–H groups in total. The summed E-state index contributed by atoms with van der Waals surface area (Å²) in [6.07, 6.45) is 4.48. The summed E-state index contributed by atoms with van der Waals surface area (Å²) in [5.74, 6) is -0.657. The Balaban J connectivity index is 2.00. The molecule has 1 aromatic rings. The molecule has 108 valence electrons. The van der Waals surface area contributed by atoms with Crippen LogP contribution in [-0.4, -0.2) is 28.0 Å². The molecule has 1 fully saturated rings. The van der Waals surface area contributed by atoms with Gasteiger partial charge in [-0.05, 0) is 42.7 Å². The lowest BCUT2D eigenvalue weighted by Crippen LogP contribution is -2.41. The van der Waals surface area contributed by atoms with Gasteiger partial charge in [-0.3, -0.25) is 9.78 Å². The molecule has 1 amide bonds. The van der Waals surface area contributed by atoms with Gasteiger partial charge in [0.2, 0.25) is 0 Å². The summed E-state index contributed by atoms with van der Waals surface area (Å²) in [5.41, 5.74) is 1.42. The number of carboxylic acids is 1. The van der Waals surface area contributed by atoms with E-state index in [1.807, 2.05) is 19.9 Å². The topological polar surface area (TPSA) is 79.3 Å². The number of carbonyl (C=O) groups is 2. The minimum Gasteiger partial charge on any atom is -0.480 e. The van der Waals surface area contributed by atoms with Crippen LogP contribution >= 0.6 is 0 Å². The maximum absolute atomic E-state index is 12.0. The first-order valence-electron chi connectivity index (χ1n) is 6.97.